The lowest BCUT2D eigenvalue weighted by atomic mass is 9.73. The second-order valence-corrected chi connectivity index (χ2v) is 9.51. The quantitative estimate of drug-likeness (QED) is 0.626. The third kappa shape index (κ3) is 5.64. The highest BCUT2D eigenvalue weighted by Gasteiger charge is 2.41. The number of hydrogen-bond donors (Lipinski definition) is 1. The SMILES string of the molecule is C[C@@H]1CCCN(CCOc2ccc(NC(=O)C3(c4ccc(Cl)cc4)CCOCC3)cc2)C1. The predicted molar refractivity (Wildman–Crippen MR) is 129 cm³/mol. The second kappa shape index (κ2) is 10.7. The summed E-state index contributed by atoms with van der Waals surface area (Å²) in [6.07, 6.45) is 3.91. The summed E-state index contributed by atoms with van der Waals surface area (Å²) in [6.45, 7) is 7.41. The van der Waals surface area contributed by atoms with Crippen molar-refractivity contribution in [3.8, 4) is 5.75 Å². The Morgan fingerprint density at radius 3 is 2.56 bits per heavy atom. The van der Waals surface area contributed by atoms with Gasteiger partial charge in [-0.15, -0.1) is 0 Å². The van der Waals surface area contributed by atoms with Gasteiger partial charge in [-0.3, -0.25) is 9.69 Å². The van der Waals surface area contributed by atoms with E-state index in [0.29, 0.717) is 37.7 Å². The molecular formula is C26H33ClN2O3. The average Bonchev–Trinajstić information content (AvgIpc) is 2.81. The Morgan fingerprint density at radius 2 is 1.88 bits per heavy atom. The first-order chi connectivity index (χ1) is 15.5. The molecule has 2 fully saturated rings. The summed E-state index contributed by atoms with van der Waals surface area (Å²) < 4.78 is 11.5. The van der Waals surface area contributed by atoms with Gasteiger partial charge in [0, 0.05) is 37.0 Å². The van der Waals surface area contributed by atoms with E-state index >= 15 is 0 Å². The zero-order chi connectivity index (χ0) is 22.4. The lowest BCUT2D eigenvalue weighted by Gasteiger charge is -2.36. The van der Waals surface area contributed by atoms with Gasteiger partial charge in [0.05, 0.1) is 5.41 Å². The van der Waals surface area contributed by atoms with Gasteiger partial charge in [0.15, 0.2) is 0 Å². The van der Waals surface area contributed by atoms with Gasteiger partial charge in [-0.1, -0.05) is 30.7 Å². The van der Waals surface area contributed by atoms with Crippen LogP contribution >= 0.6 is 11.6 Å². The lowest BCUT2D eigenvalue weighted by molar-refractivity contribution is -0.125. The van der Waals surface area contributed by atoms with Crippen LogP contribution in [-0.4, -0.2) is 50.3 Å². The largest absolute Gasteiger partial charge is 0.492 e. The number of anilines is 1. The van der Waals surface area contributed by atoms with Crippen LogP contribution < -0.4 is 10.1 Å². The minimum atomic E-state index is -0.608. The smallest absolute Gasteiger partial charge is 0.235 e. The third-order valence-electron chi connectivity index (χ3n) is 6.71. The Bertz CT molecular complexity index is 879. The molecule has 0 aliphatic carbocycles. The number of amides is 1. The number of halogens is 1. The van der Waals surface area contributed by atoms with E-state index in [0.717, 1.165) is 36.0 Å². The first kappa shape index (κ1) is 23.1. The number of ether oxygens (including phenoxy) is 2. The van der Waals surface area contributed by atoms with E-state index in [1.807, 2.05) is 48.5 Å². The molecule has 2 saturated heterocycles. The molecule has 6 heteroatoms. The molecule has 0 spiro atoms. The van der Waals surface area contributed by atoms with E-state index in [-0.39, 0.29) is 5.91 Å². The molecule has 4 rings (SSSR count). The molecular weight excluding hydrogens is 424 g/mol. The number of piperidine rings is 1. The van der Waals surface area contributed by atoms with E-state index in [9.17, 15) is 4.79 Å². The maximum Gasteiger partial charge on any atom is 0.235 e. The molecule has 2 aliphatic rings. The van der Waals surface area contributed by atoms with Crippen LogP contribution in [0.15, 0.2) is 48.5 Å². The minimum Gasteiger partial charge on any atom is -0.492 e. The fourth-order valence-corrected chi connectivity index (χ4v) is 4.93. The van der Waals surface area contributed by atoms with E-state index in [4.69, 9.17) is 21.1 Å². The van der Waals surface area contributed by atoms with Gasteiger partial charge >= 0.3 is 0 Å². The number of benzene rings is 2. The van der Waals surface area contributed by atoms with Crippen molar-refractivity contribution in [3.63, 3.8) is 0 Å². The van der Waals surface area contributed by atoms with Crippen molar-refractivity contribution < 1.29 is 14.3 Å². The van der Waals surface area contributed by atoms with Crippen LogP contribution in [0.4, 0.5) is 5.69 Å². The number of carbonyl (C=O) groups is 1. The van der Waals surface area contributed by atoms with Crippen LogP contribution in [0.5, 0.6) is 5.75 Å². The molecule has 0 aromatic heterocycles. The topological polar surface area (TPSA) is 50.8 Å². The molecule has 172 valence electrons. The zero-order valence-corrected chi connectivity index (χ0v) is 19.6. The van der Waals surface area contributed by atoms with Gasteiger partial charge < -0.3 is 14.8 Å². The first-order valence-corrected chi connectivity index (χ1v) is 12.0. The fourth-order valence-electron chi connectivity index (χ4n) is 4.80. The van der Waals surface area contributed by atoms with Crippen molar-refractivity contribution in [2.75, 3.05) is 44.8 Å². The molecule has 5 nitrogen and oxygen atoms in total. The highest BCUT2D eigenvalue weighted by Crippen LogP contribution is 2.37. The highest BCUT2D eigenvalue weighted by molar-refractivity contribution is 6.30. The zero-order valence-electron chi connectivity index (χ0n) is 18.8. The van der Waals surface area contributed by atoms with E-state index in [1.165, 1.54) is 19.4 Å². The monoisotopic (exact) mass is 456 g/mol. The number of nitrogens with one attached hydrogen (secondary N) is 1. The molecule has 1 amide bonds. The third-order valence-corrected chi connectivity index (χ3v) is 6.96. The standard InChI is InChI=1S/C26H33ClN2O3/c1-20-3-2-14-29(19-20)15-18-32-24-10-8-23(9-11-24)28-25(30)26(12-16-31-17-13-26)21-4-6-22(27)7-5-21/h4-11,20H,2-3,12-19H2,1H3,(H,28,30)/t20-/m1/s1. The molecule has 0 radical (unpaired) electrons. The first-order valence-electron chi connectivity index (χ1n) is 11.7. The molecule has 1 N–H and O–H groups in total. The van der Waals surface area contributed by atoms with E-state index in [2.05, 4.69) is 17.1 Å². The summed E-state index contributed by atoms with van der Waals surface area (Å²) in [5.41, 5.74) is 1.14. The highest BCUT2D eigenvalue weighted by atomic mass is 35.5. The van der Waals surface area contributed by atoms with Crippen molar-refractivity contribution in [1.82, 2.24) is 4.90 Å². The molecule has 2 aromatic rings. The van der Waals surface area contributed by atoms with E-state index in [1.54, 1.807) is 0 Å². The summed E-state index contributed by atoms with van der Waals surface area (Å²) in [7, 11) is 0. The maximum atomic E-state index is 13.4. The van der Waals surface area contributed by atoms with Crippen LogP contribution in [-0.2, 0) is 14.9 Å². The second-order valence-electron chi connectivity index (χ2n) is 9.08. The Morgan fingerprint density at radius 1 is 1.16 bits per heavy atom. The Kier molecular flexibility index (Phi) is 7.71. The summed E-state index contributed by atoms with van der Waals surface area (Å²) in [5, 5.41) is 3.78. The molecule has 0 unspecified atom stereocenters. The number of nitrogens with zero attached hydrogens (tertiary/aromatic N) is 1. The van der Waals surface area contributed by atoms with Gasteiger partial charge in [0.25, 0.3) is 0 Å². The van der Waals surface area contributed by atoms with Crippen LogP contribution in [0.2, 0.25) is 5.02 Å². The minimum absolute atomic E-state index is 0.00370. The van der Waals surface area contributed by atoms with Crippen molar-refractivity contribution in [3.05, 3.63) is 59.1 Å². The van der Waals surface area contributed by atoms with Crippen molar-refractivity contribution in [2.24, 2.45) is 5.92 Å². The Hall–Kier alpha value is -2.08. The molecule has 32 heavy (non-hydrogen) atoms. The van der Waals surface area contributed by atoms with Crippen molar-refractivity contribution in [1.29, 1.82) is 0 Å². The summed E-state index contributed by atoms with van der Waals surface area (Å²) in [6, 6.07) is 15.3. The Balaban J connectivity index is 1.35. The van der Waals surface area contributed by atoms with Crippen LogP contribution in [0.3, 0.4) is 0 Å². The molecule has 2 aliphatic heterocycles. The molecule has 2 heterocycles. The summed E-state index contributed by atoms with van der Waals surface area (Å²) >= 11 is 6.07. The van der Waals surface area contributed by atoms with Gasteiger partial charge in [-0.05, 0) is 80.1 Å². The van der Waals surface area contributed by atoms with Crippen molar-refractivity contribution >= 4 is 23.2 Å². The van der Waals surface area contributed by atoms with Gasteiger partial charge in [0.2, 0.25) is 5.91 Å². The summed E-state index contributed by atoms with van der Waals surface area (Å²) in [4.78, 5) is 15.9. The summed E-state index contributed by atoms with van der Waals surface area (Å²) in [5.74, 6) is 1.60. The van der Waals surface area contributed by atoms with Crippen molar-refractivity contribution in [2.45, 2.75) is 38.0 Å². The normalized spacial score (nSPS) is 21.1. The number of hydrogen-bond acceptors (Lipinski definition) is 4. The fraction of sp³-hybridized carbons (Fsp3) is 0.500. The molecule has 0 bridgehead atoms. The molecule has 0 saturated carbocycles. The van der Waals surface area contributed by atoms with Gasteiger partial charge in [-0.25, -0.2) is 0 Å². The number of rotatable bonds is 7. The number of likely N-dealkylation sites (tertiary alicyclic amines) is 1. The average molecular weight is 457 g/mol. The van der Waals surface area contributed by atoms with Crippen LogP contribution in [0.1, 0.15) is 38.2 Å². The lowest BCUT2D eigenvalue weighted by Crippen LogP contribution is -2.44. The molecule has 2 aromatic carbocycles. The van der Waals surface area contributed by atoms with Gasteiger partial charge in [-0.2, -0.15) is 0 Å². The predicted octanol–water partition coefficient (Wildman–Crippen LogP) is 5.14. The Labute approximate surface area is 196 Å². The maximum absolute atomic E-state index is 13.4. The number of carbonyl (C=O) groups excluding carboxylic acids is 1. The van der Waals surface area contributed by atoms with Crippen LogP contribution in [0.25, 0.3) is 0 Å². The van der Waals surface area contributed by atoms with Crippen LogP contribution in [0, 0.1) is 5.92 Å². The van der Waals surface area contributed by atoms with Gasteiger partial charge in [0.1, 0.15) is 12.4 Å². The molecule has 1 atom stereocenters. The van der Waals surface area contributed by atoms with E-state index < -0.39 is 5.41 Å².